The molecule has 0 saturated carbocycles. The van der Waals surface area contributed by atoms with E-state index >= 15 is 0 Å². The summed E-state index contributed by atoms with van der Waals surface area (Å²) in [5.74, 6) is -0.540. The molecule has 1 rings (SSSR count). The molecule has 4 nitrogen and oxygen atoms in total. The minimum Gasteiger partial charge on any atom is -0.378 e. The molecular formula is C12H16FNO3. The first-order chi connectivity index (χ1) is 8.24. The van der Waals surface area contributed by atoms with E-state index in [1.165, 1.54) is 24.3 Å². The average Bonchev–Trinajstić information content (AvgIpc) is 2.34. The van der Waals surface area contributed by atoms with Gasteiger partial charge in [-0.2, -0.15) is 0 Å². The lowest BCUT2D eigenvalue weighted by molar-refractivity contribution is 0.0460. The summed E-state index contributed by atoms with van der Waals surface area (Å²) in [6, 6.07) is 5.37. The Hall–Kier alpha value is -1.30. The Morgan fingerprint density at radius 1 is 1.12 bits per heavy atom. The van der Waals surface area contributed by atoms with E-state index in [-0.39, 0.29) is 18.2 Å². The van der Waals surface area contributed by atoms with Crippen molar-refractivity contribution in [2.24, 2.45) is 5.73 Å². The maximum absolute atomic E-state index is 12.6. The van der Waals surface area contributed by atoms with Crippen molar-refractivity contribution in [1.29, 1.82) is 0 Å². The molecule has 0 aliphatic rings. The zero-order valence-electron chi connectivity index (χ0n) is 9.52. The van der Waals surface area contributed by atoms with Crippen molar-refractivity contribution >= 4 is 5.78 Å². The Balaban J connectivity index is 2.19. The third-order valence-corrected chi connectivity index (χ3v) is 2.03. The Kier molecular flexibility index (Phi) is 6.39. The number of ketones is 1. The van der Waals surface area contributed by atoms with E-state index in [1.807, 2.05) is 0 Å². The number of ether oxygens (including phenoxy) is 2. The summed E-state index contributed by atoms with van der Waals surface area (Å²) in [6.45, 7) is 1.67. The fraction of sp³-hybridized carbons (Fsp3) is 0.417. The maximum atomic E-state index is 12.6. The topological polar surface area (TPSA) is 61.6 Å². The highest BCUT2D eigenvalue weighted by Crippen LogP contribution is 2.03. The molecule has 0 unspecified atom stereocenters. The maximum Gasteiger partial charge on any atom is 0.188 e. The van der Waals surface area contributed by atoms with Gasteiger partial charge in [0, 0.05) is 12.1 Å². The van der Waals surface area contributed by atoms with Crippen molar-refractivity contribution in [3.05, 3.63) is 35.6 Å². The number of hydrogen-bond acceptors (Lipinski definition) is 4. The Morgan fingerprint density at radius 2 is 1.76 bits per heavy atom. The second kappa shape index (κ2) is 7.89. The molecule has 0 heterocycles. The standard InChI is InChI=1S/C12H16FNO3/c13-11-3-1-10(2-4-11)12(15)9-17-8-7-16-6-5-14/h1-4H,5-9,14H2. The number of benzene rings is 1. The summed E-state index contributed by atoms with van der Waals surface area (Å²) in [5, 5.41) is 0. The number of Topliss-reactive ketones (excluding diaryl/α,β-unsaturated/α-hetero) is 1. The van der Waals surface area contributed by atoms with E-state index in [4.69, 9.17) is 15.2 Å². The SMILES string of the molecule is NCCOCCOCC(=O)c1ccc(F)cc1. The first-order valence-corrected chi connectivity index (χ1v) is 5.38. The van der Waals surface area contributed by atoms with Crippen molar-refractivity contribution in [2.75, 3.05) is 33.0 Å². The predicted molar refractivity (Wildman–Crippen MR) is 61.4 cm³/mol. The molecule has 0 radical (unpaired) electrons. The Labute approximate surface area is 99.5 Å². The monoisotopic (exact) mass is 241 g/mol. The fourth-order valence-electron chi connectivity index (χ4n) is 1.19. The van der Waals surface area contributed by atoms with E-state index in [2.05, 4.69) is 0 Å². The van der Waals surface area contributed by atoms with Gasteiger partial charge in [0.15, 0.2) is 5.78 Å². The molecule has 94 valence electrons. The highest BCUT2D eigenvalue weighted by Gasteiger charge is 2.05. The normalized spacial score (nSPS) is 10.5. The zero-order valence-corrected chi connectivity index (χ0v) is 9.52. The number of carbonyl (C=O) groups is 1. The smallest absolute Gasteiger partial charge is 0.188 e. The van der Waals surface area contributed by atoms with E-state index in [9.17, 15) is 9.18 Å². The summed E-state index contributed by atoms with van der Waals surface area (Å²) < 4.78 is 22.8. The minimum atomic E-state index is -0.363. The first-order valence-electron chi connectivity index (χ1n) is 5.38. The van der Waals surface area contributed by atoms with Gasteiger partial charge in [0.25, 0.3) is 0 Å². The highest BCUT2D eigenvalue weighted by atomic mass is 19.1. The molecule has 0 aliphatic carbocycles. The van der Waals surface area contributed by atoms with Crippen LogP contribution in [0.25, 0.3) is 0 Å². The number of nitrogens with two attached hydrogens (primary N) is 1. The van der Waals surface area contributed by atoms with Gasteiger partial charge in [0.05, 0.1) is 19.8 Å². The van der Waals surface area contributed by atoms with Gasteiger partial charge >= 0.3 is 0 Å². The van der Waals surface area contributed by atoms with Crippen molar-refractivity contribution in [3.8, 4) is 0 Å². The van der Waals surface area contributed by atoms with E-state index in [0.717, 1.165) is 0 Å². The molecular weight excluding hydrogens is 225 g/mol. The molecule has 0 aliphatic heterocycles. The van der Waals surface area contributed by atoms with Crippen LogP contribution in [0.3, 0.4) is 0 Å². The Bertz CT molecular complexity index is 340. The molecule has 5 heteroatoms. The van der Waals surface area contributed by atoms with Crippen LogP contribution >= 0.6 is 0 Å². The van der Waals surface area contributed by atoms with Crippen LogP contribution in [0.15, 0.2) is 24.3 Å². The van der Waals surface area contributed by atoms with E-state index in [0.29, 0.717) is 31.9 Å². The summed E-state index contributed by atoms with van der Waals surface area (Å²) in [4.78, 5) is 11.5. The van der Waals surface area contributed by atoms with Crippen LogP contribution in [0, 0.1) is 5.82 Å². The van der Waals surface area contributed by atoms with Crippen LogP contribution in [0.1, 0.15) is 10.4 Å². The molecule has 0 saturated heterocycles. The van der Waals surface area contributed by atoms with Crippen LogP contribution in [0.4, 0.5) is 4.39 Å². The van der Waals surface area contributed by atoms with Gasteiger partial charge in [-0.05, 0) is 24.3 Å². The van der Waals surface area contributed by atoms with Gasteiger partial charge in [-0.15, -0.1) is 0 Å². The van der Waals surface area contributed by atoms with Gasteiger partial charge < -0.3 is 15.2 Å². The number of hydrogen-bond donors (Lipinski definition) is 1. The van der Waals surface area contributed by atoms with Crippen molar-refractivity contribution < 1.29 is 18.7 Å². The number of halogens is 1. The van der Waals surface area contributed by atoms with Gasteiger partial charge in [0.2, 0.25) is 0 Å². The minimum absolute atomic E-state index is 0.0301. The lowest BCUT2D eigenvalue weighted by Crippen LogP contribution is -2.15. The molecule has 2 N–H and O–H groups in total. The first kappa shape index (κ1) is 13.8. The van der Waals surface area contributed by atoms with Crippen molar-refractivity contribution in [2.45, 2.75) is 0 Å². The molecule has 17 heavy (non-hydrogen) atoms. The third-order valence-electron chi connectivity index (χ3n) is 2.03. The van der Waals surface area contributed by atoms with Gasteiger partial charge in [-0.3, -0.25) is 4.79 Å². The predicted octanol–water partition coefficient (Wildman–Crippen LogP) is 1.00. The second-order valence-corrected chi connectivity index (χ2v) is 3.38. The molecule has 0 amide bonds. The van der Waals surface area contributed by atoms with Crippen LogP contribution in [-0.2, 0) is 9.47 Å². The molecule has 1 aromatic rings. The number of rotatable bonds is 8. The highest BCUT2D eigenvalue weighted by molar-refractivity contribution is 5.96. The van der Waals surface area contributed by atoms with Gasteiger partial charge in [-0.1, -0.05) is 0 Å². The summed E-state index contributed by atoms with van der Waals surface area (Å²) in [6.07, 6.45) is 0. The summed E-state index contributed by atoms with van der Waals surface area (Å²) in [7, 11) is 0. The lowest BCUT2D eigenvalue weighted by Gasteiger charge is -2.04. The Morgan fingerprint density at radius 3 is 2.41 bits per heavy atom. The lowest BCUT2D eigenvalue weighted by atomic mass is 10.1. The van der Waals surface area contributed by atoms with Crippen LogP contribution in [0.5, 0.6) is 0 Å². The molecule has 1 aromatic carbocycles. The third kappa shape index (κ3) is 5.53. The molecule has 0 aromatic heterocycles. The fourth-order valence-corrected chi connectivity index (χ4v) is 1.19. The van der Waals surface area contributed by atoms with Crippen LogP contribution in [0.2, 0.25) is 0 Å². The summed E-state index contributed by atoms with van der Waals surface area (Å²) >= 11 is 0. The van der Waals surface area contributed by atoms with Crippen LogP contribution in [-0.4, -0.2) is 38.8 Å². The van der Waals surface area contributed by atoms with Crippen molar-refractivity contribution in [3.63, 3.8) is 0 Å². The van der Waals surface area contributed by atoms with Crippen LogP contribution < -0.4 is 5.73 Å². The van der Waals surface area contributed by atoms with Crippen molar-refractivity contribution in [1.82, 2.24) is 0 Å². The zero-order chi connectivity index (χ0) is 12.5. The molecule has 0 atom stereocenters. The largest absolute Gasteiger partial charge is 0.378 e. The van der Waals surface area contributed by atoms with Gasteiger partial charge in [0.1, 0.15) is 12.4 Å². The summed E-state index contributed by atoms with van der Waals surface area (Å²) in [5.41, 5.74) is 5.67. The van der Waals surface area contributed by atoms with E-state index < -0.39 is 0 Å². The molecule has 0 spiro atoms. The average molecular weight is 241 g/mol. The molecule has 0 fully saturated rings. The molecule has 0 bridgehead atoms. The quantitative estimate of drug-likeness (QED) is 0.545. The van der Waals surface area contributed by atoms with E-state index in [1.54, 1.807) is 0 Å². The number of carbonyl (C=O) groups excluding carboxylic acids is 1. The second-order valence-electron chi connectivity index (χ2n) is 3.38. The van der Waals surface area contributed by atoms with Gasteiger partial charge in [-0.25, -0.2) is 4.39 Å².